The molecule has 2 aromatic rings. The summed E-state index contributed by atoms with van der Waals surface area (Å²) in [6.07, 6.45) is 3.27. The zero-order valence-electron chi connectivity index (χ0n) is 25.7. The number of amides is 1. The van der Waals surface area contributed by atoms with Gasteiger partial charge in [0.15, 0.2) is 0 Å². The first-order valence-electron chi connectivity index (χ1n) is 14.0. The van der Waals surface area contributed by atoms with Crippen LogP contribution in [-0.4, -0.2) is 53.7 Å². The Kier molecular flexibility index (Phi) is 9.04. The maximum atomic E-state index is 14.1. The number of aromatic nitrogens is 1. The SMILES string of the molecule is C=Nc1c(Cl)cc(N[C@H](C2=CN(C3(C(=O)N(C)C)CC3)NN2)c2ccc(F)nc2C)cc1/C(NCC(C)(C)C)=C(\C)C#N. The first-order valence-corrected chi connectivity index (χ1v) is 14.4. The number of nitriles is 1. The molecule has 1 aromatic heterocycles. The number of halogens is 2. The summed E-state index contributed by atoms with van der Waals surface area (Å²) < 4.78 is 14.1. The predicted octanol–water partition coefficient (Wildman–Crippen LogP) is 5.35. The quantitative estimate of drug-likeness (QED) is 0.162. The summed E-state index contributed by atoms with van der Waals surface area (Å²) in [5.74, 6) is -0.581. The Morgan fingerprint density at radius 1 is 1.35 bits per heavy atom. The van der Waals surface area contributed by atoms with Crippen molar-refractivity contribution in [1.29, 1.82) is 5.26 Å². The molecule has 0 saturated heterocycles. The number of rotatable bonds is 10. The molecule has 0 bridgehead atoms. The Labute approximate surface area is 257 Å². The fourth-order valence-electron chi connectivity index (χ4n) is 5.01. The first-order chi connectivity index (χ1) is 20.2. The van der Waals surface area contributed by atoms with Crippen LogP contribution in [0.3, 0.4) is 0 Å². The van der Waals surface area contributed by atoms with Gasteiger partial charge in [-0.25, -0.2) is 4.98 Å². The van der Waals surface area contributed by atoms with E-state index in [4.69, 9.17) is 11.6 Å². The minimum atomic E-state index is -0.681. The number of anilines is 1. The molecular weight excluding hydrogens is 569 g/mol. The average Bonchev–Trinajstić information content (AvgIpc) is 3.59. The topological polar surface area (TPSA) is 121 Å². The summed E-state index contributed by atoms with van der Waals surface area (Å²) in [4.78, 5) is 22.8. The Morgan fingerprint density at radius 2 is 2.05 bits per heavy atom. The fourth-order valence-corrected chi connectivity index (χ4v) is 5.29. The molecule has 0 radical (unpaired) electrons. The number of benzene rings is 1. The zero-order chi connectivity index (χ0) is 31.7. The molecule has 1 saturated carbocycles. The van der Waals surface area contributed by atoms with Gasteiger partial charge in [0.2, 0.25) is 11.9 Å². The zero-order valence-corrected chi connectivity index (χ0v) is 26.4. The van der Waals surface area contributed by atoms with Crippen molar-refractivity contribution in [3.8, 4) is 6.07 Å². The van der Waals surface area contributed by atoms with Crippen molar-refractivity contribution in [3.05, 3.63) is 69.5 Å². The van der Waals surface area contributed by atoms with Gasteiger partial charge < -0.3 is 21.0 Å². The van der Waals surface area contributed by atoms with Crippen LogP contribution in [0.15, 0.2) is 46.7 Å². The van der Waals surface area contributed by atoms with E-state index in [-0.39, 0.29) is 11.3 Å². The molecule has 1 atom stereocenters. The number of nitrogens with zero attached hydrogens (tertiary/aromatic N) is 5. The van der Waals surface area contributed by atoms with E-state index in [1.165, 1.54) is 6.07 Å². The third kappa shape index (κ3) is 6.76. The minimum Gasteiger partial charge on any atom is -0.383 e. The fraction of sp³-hybridized carbons (Fsp3) is 0.419. The highest BCUT2D eigenvalue weighted by Gasteiger charge is 2.56. The van der Waals surface area contributed by atoms with Crippen molar-refractivity contribution in [3.63, 3.8) is 0 Å². The van der Waals surface area contributed by atoms with Gasteiger partial charge in [-0.1, -0.05) is 38.4 Å². The van der Waals surface area contributed by atoms with Gasteiger partial charge in [0.1, 0.15) is 5.54 Å². The van der Waals surface area contributed by atoms with Crippen LogP contribution >= 0.6 is 11.6 Å². The second-order valence-electron chi connectivity index (χ2n) is 12.3. The maximum absolute atomic E-state index is 14.1. The lowest BCUT2D eigenvalue weighted by Gasteiger charge is -2.28. The van der Waals surface area contributed by atoms with Crippen LogP contribution in [0.2, 0.25) is 5.02 Å². The highest BCUT2D eigenvalue weighted by Crippen LogP contribution is 2.44. The second-order valence-corrected chi connectivity index (χ2v) is 12.8. The molecular formula is C31H39ClFN9O. The molecule has 0 spiro atoms. The van der Waals surface area contributed by atoms with E-state index in [0.29, 0.717) is 69.6 Å². The molecule has 2 heterocycles. The standard InChI is InChI=1S/C31H39ClFN9O/c1-18(15-34)26(36-17-30(3,4)5)22-13-20(14-23(32)27(22)35-6)38-28(21-9-10-25(33)37-19(21)2)24-16-42(40-39-24)31(11-12-31)29(43)41(7)8/h9-10,13-14,16,28,36,38-40H,6,11-12,17H2,1-5,7-8H3/b26-18-/t28-/m0/s1. The average molecular weight is 608 g/mol. The van der Waals surface area contributed by atoms with E-state index in [1.807, 2.05) is 12.3 Å². The Hall–Kier alpha value is -4.14. The number of carbonyl (C=O) groups excluding carboxylic acids is 1. The summed E-state index contributed by atoms with van der Waals surface area (Å²) in [7, 11) is 3.48. The molecule has 1 aliphatic carbocycles. The number of hydrazine groups is 2. The number of aryl methyl sites for hydroxylation is 1. The molecule has 43 heavy (non-hydrogen) atoms. The Morgan fingerprint density at radius 3 is 2.60 bits per heavy atom. The molecule has 4 rings (SSSR count). The minimum absolute atomic E-state index is 0.00214. The number of likely N-dealkylation sites (N-methyl/N-ethyl adjacent to an activating group) is 1. The summed E-state index contributed by atoms with van der Waals surface area (Å²) in [5.41, 5.74) is 10.2. The molecule has 4 N–H and O–H groups in total. The maximum Gasteiger partial charge on any atom is 0.249 e. The Bertz CT molecular complexity index is 1530. The molecule has 1 amide bonds. The molecule has 228 valence electrons. The predicted molar refractivity (Wildman–Crippen MR) is 168 cm³/mol. The smallest absolute Gasteiger partial charge is 0.249 e. The number of hydrogen-bond acceptors (Lipinski definition) is 9. The van der Waals surface area contributed by atoms with Gasteiger partial charge in [0, 0.05) is 49.3 Å². The Balaban J connectivity index is 1.80. The van der Waals surface area contributed by atoms with Gasteiger partial charge in [-0.05, 0) is 57.0 Å². The highest BCUT2D eigenvalue weighted by molar-refractivity contribution is 6.33. The monoisotopic (exact) mass is 607 g/mol. The van der Waals surface area contributed by atoms with Gasteiger partial charge in [-0.15, -0.1) is 5.53 Å². The van der Waals surface area contributed by atoms with E-state index in [9.17, 15) is 14.4 Å². The number of hydrogen-bond donors (Lipinski definition) is 4. The van der Waals surface area contributed by atoms with Gasteiger partial charge in [0.05, 0.1) is 39.8 Å². The number of pyridine rings is 1. The summed E-state index contributed by atoms with van der Waals surface area (Å²) in [6, 6.07) is 8.28. The van der Waals surface area contributed by atoms with E-state index in [1.54, 1.807) is 50.0 Å². The van der Waals surface area contributed by atoms with Crippen molar-refractivity contribution in [1.82, 2.24) is 31.2 Å². The van der Waals surface area contributed by atoms with Gasteiger partial charge in [0.25, 0.3) is 0 Å². The molecule has 2 aliphatic rings. The lowest BCUT2D eigenvalue weighted by atomic mass is 9.95. The van der Waals surface area contributed by atoms with Crippen molar-refractivity contribution in [2.75, 3.05) is 26.0 Å². The number of nitrogens with one attached hydrogen (secondary N) is 4. The second kappa shape index (κ2) is 12.2. The van der Waals surface area contributed by atoms with E-state index >= 15 is 0 Å². The largest absolute Gasteiger partial charge is 0.383 e. The summed E-state index contributed by atoms with van der Waals surface area (Å²) in [5, 5.41) is 18.9. The van der Waals surface area contributed by atoms with Crippen LogP contribution in [0.25, 0.3) is 5.70 Å². The molecule has 1 aromatic carbocycles. The lowest BCUT2D eigenvalue weighted by Crippen LogP contribution is -2.52. The third-order valence-electron chi connectivity index (χ3n) is 7.43. The van der Waals surface area contributed by atoms with Crippen LogP contribution in [0, 0.1) is 29.6 Å². The van der Waals surface area contributed by atoms with Crippen LogP contribution in [0.5, 0.6) is 0 Å². The van der Waals surface area contributed by atoms with Crippen LogP contribution in [0.4, 0.5) is 15.8 Å². The lowest BCUT2D eigenvalue weighted by molar-refractivity contribution is -0.136. The van der Waals surface area contributed by atoms with Gasteiger partial charge >= 0.3 is 0 Å². The van der Waals surface area contributed by atoms with Gasteiger partial charge in [-0.3, -0.25) is 14.8 Å². The summed E-state index contributed by atoms with van der Waals surface area (Å²) >= 11 is 6.75. The number of allylic oxidation sites excluding steroid dienone is 1. The van der Waals surface area contributed by atoms with Crippen molar-refractivity contribution in [2.24, 2.45) is 10.4 Å². The molecule has 1 fully saturated rings. The van der Waals surface area contributed by atoms with Crippen molar-refractivity contribution < 1.29 is 9.18 Å². The van der Waals surface area contributed by atoms with E-state index in [2.05, 4.69) is 65.1 Å². The van der Waals surface area contributed by atoms with Crippen LogP contribution < -0.4 is 21.6 Å². The third-order valence-corrected chi connectivity index (χ3v) is 7.72. The van der Waals surface area contributed by atoms with Crippen LogP contribution in [-0.2, 0) is 4.79 Å². The summed E-state index contributed by atoms with van der Waals surface area (Å²) in [6.45, 7) is 14.1. The molecule has 12 heteroatoms. The molecule has 0 unspecified atom stereocenters. The van der Waals surface area contributed by atoms with E-state index < -0.39 is 17.5 Å². The number of carbonyl (C=O) groups is 1. The highest BCUT2D eigenvalue weighted by atomic mass is 35.5. The normalized spacial score (nSPS) is 16.7. The van der Waals surface area contributed by atoms with Gasteiger partial charge in [-0.2, -0.15) is 9.65 Å². The number of aliphatic imine (C=N–C) groups is 1. The van der Waals surface area contributed by atoms with Crippen molar-refractivity contribution in [2.45, 2.75) is 59.0 Å². The van der Waals surface area contributed by atoms with E-state index in [0.717, 1.165) is 0 Å². The first kappa shape index (κ1) is 31.8. The molecule has 10 nitrogen and oxygen atoms in total. The van der Waals surface area contributed by atoms with Crippen LogP contribution in [0.1, 0.15) is 63.4 Å². The molecule has 1 aliphatic heterocycles. The van der Waals surface area contributed by atoms with Crippen molar-refractivity contribution >= 4 is 41.3 Å².